The van der Waals surface area contributed by atoms with E-state index in [-0.39, 0.29) is 0 Å². The van der Waals surface area contributed by atoms with Crippen molar-refractivity contribution >= 4 is 23.0 Å². The molecule has 1 N–H and O–H groups in total. The zero-order valence-electron chi connectivity index (χ0n) is 14.4. The van der Waals surface area contributed by atoms with Crippen molar-refractivity contribution in [3.8, 4) is 16.9 Å². The molecule has 0 saturated carbocycles. The molecule has 0 saturated heterocycles. The Bertz CT molecular complexity index is 1060. The standard InChI is InChI=1S/C21H18ClNO3/c1-26-17-9-8-15(11-16(17)22)23-19-18(20(24)21(19)25)14-7-6-12-4-2-3-5-13(12)10-14/h6-11,23H,2-5H2,1H3. The minimum absolute atomic E-state index is 0.326. The summed E-state index contributed by atoms with van der Waals surface area (Å²) >= 11 is 6.14. The normalized spacial score (nSPS) is 13.5. The molecule has 0 amide bonds. The Morgan fingerprint density at radius 2 is 1.73 bits per heavy atom. The van der Waals surface area contributed by atoms with E-state index in [0.29, 0.717) is 27.7 Å². The zero-order valence-corrected chi connectivity index (χ0v) is 15.2. The van der Waals surface area contributed by atoms with Gasteiger partial charge in [0.25, 0.3) is 5.43 Å². The van der Waals surface area contributed by atoms with E-state index in [0.717, 1.165) is 24.8 Å². The molecule has 1 aliphatic rings. The van der Waals surface area contributed by atoms with Crippen molar-refractivity contribution in [2.45, 2.75) is 25.7 Å². The maximum absolute atomic E-state index is 12.2. The van der Waals surface area contributed by atoms with Gasteiger partial charge >= 0.3 is 0 Å². The predicted octanol–water partition coefficient (Wildman–Crippen LogP) is 4.23. The lowest BCUT2D eigenvalue weighted by atomic mass is 9.88. The lowest BCUT2D eigenvalue weighted by molar-refractivity contribution is 0.415. The minimum atomic E-state index is -0.496. The molecule has 4 rings (SSSR count). The topological polar surface area (TPSA) is 55.4 Å². The summed E-state index contributed by atoms with van der Waals surface area (Å²) in [6.45, 7) is 0. The largest absolute Gasteiger partial charge is 0.495 e. The van der Waals surface area contributed by atoms with E-state index < -0.39 is 10.9 Å². The van der Waals surface area contributed by atoms with Gasteiger partial charge in [-0.15, -0.1) is 0 Å². The SMILES string of the molecule is COc1ccc(Nc2c(-c3ccc4c(c3)CCCC4)c(=O)c2=O)cc1Cl. The third-order valence-electron chi connectivity index (χ3n) is 4.97. The smallest absolute Gasteiger partial charge is 0.250 e. The van der Waals surface area contributed by atoms with Crippen molar-refractivity contribution in [1.82, 2.24) is 0 Å². The molecule has 0 atom stereocenters. The molecule has 0 aromatic heterocycles. The summed E-state index contributed by atoms with van der Waals surface area (Å²) in [6.07, 6.45) is 4.47. The molecule has 26 heavy (non-hydrogen) atoms. The maximum Gasteiger partial charge on any atom is 0.250 e. The van der Waals surface area contributed by atoms with Crippen LogP contribution in [0.5, 0.6) is 5.75 Å². The Hall–Kier alpha value is -2.59. The molecule has 0 spiro atoms. The van der Waals surface area contributed by atoms with E-state index in [1.54, 1.807) is 25.3 Å². The number of hydrogen-bond donors (Lipinski definition) is 1. The predicted molar refractivity (Wildman–Crippen MR) is 105 cm³/mol. The average molecular weight is 368 g/mol. The van der Waals surface area contributed by atoms with Gasteiger partial charge in [-0.1, -0.05) is 29.8 Å². The number of hydrogen-bond acceptors (Lipinski definition) is 4. The van der Waals surface area contributed by atoms with Crippen molar-refractivity contribution in [2.75, 3.05) is 12.4 Å². The number of rotatable bonds is 4. The Kier molecular flexibility index (Phi) is 4.29. The van der Waals surface area contributed by atoms with Crippen molar-refractivity contribution < 1.29 is 4.74 Å². The number of aryl methyl sites for hydroxylation is 2. The highest BCUT2D eigenvalue weighted by molar-refractivity contribution is 6.32. The first-order valence-electron chi connectivity index (χ1n) is 8.64. The van der Waals surface area contributed by atoms with Crippen LogP contribution in [0.15, 0.2) is 46.0 Å². The first-order valence-corrected chi connectivity index (χ1v) is 9.02. The third kappa shape index (κ3) is 2.80. The highest BCUT2D eigenvalue weighted by Crippen LogP contribution is 2.33. The summed E-state index contributed by atoms with van der Waals surface area (Å²) in [5.74, 6) is 0.553. The van der Waals surface area contributed by atoms with Gasteiger partial charge in [-0.25, -0.2) is 0 Å². The van der Waals surface area contributed by atoms with Gasteiger partial charge in [-0.2, -0.15) is 0 Å². The highest BCUT2D eigenvalue weighted by Gasteiger charge is 2.23. The molecule has 0 fully saturated rings. The molecular formula is C21H18ClNO3. The van der Waals surface area contributed by atoms with Crippen molar-refractivity contribution in [3.05, 3.63) is 73.0 Å². The number of anilines is 2. The van der Waals surface area contributed by atoms with Gasteiger partial charge in [-0.05, 0) is 60.6 Å². The summed E-state index contributed by atoms with van der Waals surface area (Å²) < 4.78 is 5.13. The fourth-order valence-electron chi connectivity index (χ4n) is 3.56. The van der Waals surface area contributed by atoms with Gasteiger partial charge in [0, 0.05) is 5.69 Å². The fraction of sp³-hybridized carbons (Fsp3) is 0.238. The van der Waals surface area contributed by atoms with Gasteiger partial charge in [-0.3, -0.25) is 9.59 Å². The van der Waals surface area contributed by atoms with Crippen LogP contribution >= 0.6 is 11.6 Å². The van der Waals surface area contributed by atoms with Crippen LogP contribution in [-0.2, 0) is 12.8 Å². The summed E-state index contributed by atoms with van der Waals surface area (Å²) in [5.41, 5.74) is 3.91. The number of fused-ring (bicyclic) bond motifs is 1. The molecule has 0 heterocycles. The maximum atomic E-state index is 12.2. The van der Waals surface area contributed by atoms with Crippen LogP contribution in [0.25, 0.3) is 11.1 Å². The van der Waals surface area contributed by atoms with Crippen LogP contribution in [0.3, 0.4) is 0 Å². The second kappa shape index (κ2) is 6.61. The van der Waals surface area contributed by atoms with Crippen molar-refractivity contribution in [2.24, 2.45) is 0 Å². The number of methoxy groups -OCH3 is 1. The van der Waals surface area contributed by atoms with Crippen LogP contribution < -0.4 is 20.9 Å². The minimum Gasteiger partial charge on any atom is -0.495 e. The molecule has 1 aliphatic carbocycles. The van der Waals surface area contributed by atoms with Crippen LogP contribution in [0, 0.1) is 0 Å². The molecule has 0 unspecified atom stereocenters. The van der Waals surface area contributed by atoms with Crippen molar-refractivity contribution in [1.29, 1.82) is 0 Å². The molecule has 0 bridgehead atoms. The molecule has 4 nitrogen and oxygen atoms in total. The van der Waals surface area contributed by atoms with E-state index >= 15 is 0 Å². The van der Waals surface area contributed by atoms with Crippen LogP contribution in [0.2, 0.25) is 5.02 Å². The summed E-state index contributed by atoms with van der Waals surface area (Å²) in [4.78, 5) is 24.3. The third-order valence-corrected chi connectivity index (χ3v) is 5.26. The Balaban J connectivity index is 1.70. The van der Waals surface area contributed by atoms with Gasteiger partial charge in [0.05, 0.1) is 17.7 Å². The molecule has 3 aromatic rings. The Morgan fingerprint density at radius 1 is 0.962 bits per heavy atom. The Morgan fingerprint density at radius 3 is 2.46 bits per heavy atom. The fourth-order valence-corrected chi connectivity index (χ4v) is 3.82. The van der Waals surface area contributed by atoms with E-state index in [1.807, 2.05) is 6.07 Å². The molecule has 0 radical (unpaired) electrons. The Labute approximate surface area is 156 Å². The molecule has 5 heteroatoms. The molecule has 3 aromatic carbocycles. The van der Waals surface area contributed by atoms with E-state index in [2.05, 4.69) is 17.4 Å². The first-order chi connectivity index (χ1) is 12.6. The monoisotopic (exact) mass is 367 g/mol. The number of benzene rings is 2. The van der Waals surface area contributed by atoms with Crippen LogP contribution in [-0.4, -0.2) is 7.11 Å². The summed E-state index contributed by atoms with van der Waals surface area (Å²) in [6, 6.07) is 11.2. The van der Waals surface area contributed by atoms with Crippen molar-refractivity contribution in [3.63, 3.8) is 0 Å². The van der Waals surface area contributed by atoms with Gasteiger partial charge in [0.15, 0.2) is 0 Å². The van der Waals surface area contributed by atoms with Crippen LogP contribution in [0.4, 0.5) is 11.4 Å². The number of halogens is 1. The molecular weight excluding hydrogens is 350 g/mol. The highest BCUT2D eigenvalue weighted by atomic mass is 35.5. The average Bonchev–Trinajstić information content (AvgIpc) is 2.67. The van der Waals surface area contributed by atoms with Gasteiger partial charge < -0.3 is 10.1 Å². The van der Waals surface area contributed by atoms with Crippen LogP contribution in [0.1, 0.15) is 24.0 Å². The lowest BCUT2D eigenvalue weighted by Gasteiger charge is -2.19. The van der Waals surface area contributed by atoms with E-state index in [9.17, 15) is 9.59 Å². The summed E-state index contributed by atoms with van der Waals surface area (Å²) in [5, 5.41) is 3.49. The van der Waals surface area contributed by atoms with E-state index in [4.69, 9.17) is 16.3 Å². The second-order valence-corrected chi connectivity index (χ2v) is 6.98. The first kappa shape index (κ1) is 16.9. The van der Waals surface area contributed by atoms with Gasteiger partial charge in [0.1, 0.15) is 11.4 Å². The second-order valence-electron chi connectivity index (χ2n) is 6.57. The quantitative estimate of drug-likeness (QED) is 0.701. The number of nitrogens with one attached hydrogen (secondary N) is 1. The molecule has 132 valence electrons. The number of ether oxygens (including phenoxy) is 1. The zero-order chi connectivity index (χ0) is 18.3. The van der Waals surface area contributed by atoms with Gasteiger partial charge in [0.2, 0.25) is 5.43 Å². The van der Waals surface area contributed by atoms with E-state index in [1.165, 1.54) is 17.5 Å². The molecule has 0 aliphatic heterocycles. The summed E-state index contributed by atoms with van der Waals surface area (Å²) in [7, 11) is 1.54. The lowest BCUT2D eigenvalue weighted by Crippen LogP contribution is -2.35.